The molecule has 0 heterocycles. The molecule has 8 heavy (non-hydrogen) atoms. The molecule has 0 saturated carbocycles. The van der Waals surface area contributed by atoms with E-state index >= 15 is 0 Å². The molecular weight excluding hydrogens is 271 g/mol. The maximum atomic E-state index is 8.46. The van der Waals surface area contributed by atoms with Crippen molar-refractivity contribution in [2.24, 2.45) is 0 Å². The molecule has 0 fully saturated rings. The van der Waals surface area contributed by atoms with Crippen LogP contribution in [0.5, 0.6) is 0 Å². The summed E-state index contributed by atoms with van der Waals surface area (Å²) in [5.74, 6) is 0. The predicted molar refractivity (Wildman–Crippen MR) is 22.2 cm³/mol. The molecule has 0 aliphatic carbocycles. The van der Waals surface area contributed by atoms with Crippen molar-refractivity contribution in [1.29, 1.82) is 0 Å². The van der Waals surface area contributed by atoms with Crippen molar-refractivity contribution in [1.82, 2.24) is 0 Å². The molecule has 40 valence electrons. The number of hydrogen-bond acceptors (Lipinski definition) is 4. The molecule has 0 aliphatic heterocycles. The molecule has 0 atom stereocenters. The van der Waals surface area contributed by atoms with E-state index in [4.69, 9.17) is 15.9 Å². The number of hydrogen-bond donors (Lipinski definition) is 0. The van der Waals surface area contributed by atoms with Crippen LogP contribution in [0.25, 0.3) is 0 Å². The zero-order valence-electron chi connectivity index (χ0n) is 3.99. The Hall–Kier alpha value is 1.80. The van der Waals surface area contributed by atoms with Gasteiger partial charge in [-0.3, -0.25) is 0 Å². The molecule has 8 heteroatoms. The van der Waals surface area contributed by atoms with E-state index < -0.39 is 31.0 Å². The summed E-state index contributed by atoms with van der Waals surface area (Å²) in [6.45, 7) is 0. The molecule has 0 aromatic carbocycles. The van der Waals surface area contributed by atoms with Gasteiger partial charge in [0.15, 0.2) is 0 Å². The van der Waals surface area contributed by atoms with E-state index in [0.717, 1.165) is 0 Å². The number of rotatable bonds is 0. The third-order valence-electron chi connectivity index (χ3n) is 0. The van der Waals surface area contributed by atoms with E-state index in [0.29, 0.717) is 0 Å². The summed E-state index contributed by atoms with van der Waals surface area (Å²) in [5.41, 5.74) is 0. The second-order valence-electron chi connectivity index (χ2n) is 0.192. The first-order chi connectivity index (χ1) is 2.83. The summed E-state index contributed by atoms with van der Waals surface area (Å²) in [6, 6.07) is 0. The summed E-state index contributed by atoms with van der Waals surface area (Å²) in [7, 11) is 0. The fourth-order valence-electron chi connectivity index (χ4n) is 0. The van der Waals surface area contributed by atoms with Crippen LogP contribution in [0.4, 0.5) is 0 Å². The third-order valence-corrected chi connectivity index (χ3v) is 0. The van der Waals surface area contributed by atoms with Crippen molar-refractivity contribution in [3.63, 3.8) is 0 Å². The van der Waals surface area contributed by atoms with Gasteiger partial charge in [-0.15, -0.1) is 0 Å². The first-order valence-corrected chi connectivity index (χ1v) is 2.83. The van der Waals surface area contributed by atoms with E-state index in [1.54, 1.807) is 0 Å². The van der Waals surface area contributed by atoms with Crippen molar-refractivity contribution >= 4 is 79.9 Å². The molecule has 0 amide bonds. The Bertz CT molecular complexity index is 31.4. The van der Waals surface area contributed by atoms with Gasteiger partial charge in [-0.05, 0) is 0 Å². The van der Waals surface area contributed by atoms with Crippen molar-refractivity contribution in [3.05, 3.63) is 0 Å². The molecule has 0 aliphatic rings. The minimum absolute atomic E-state index is 0. The Morgan fingerprint density at radius 1 is 1.00 bits per heavy atom. The van der Waals surface area contributed by atoms with Crippen molar-refractivity contribution in [3.8, 4) is 0 Å². The van der Waals surface area contributed by atoms with Crippen LogP contribution >= 0.6 is 0 Å². The van der Waals surface area contributed by atoms with Crippen molar-refractivity contribution < 1.29 is 21.4 Å². The van der Waals surface area contributed by atoms with Crippen LogP contribution in [0.2, 0.25) is 0 Å². The third kappa shape index (κ3) is 112. The van der Waals surface area contributed by atoms with Crippen LogP contribution in [0.15, 0.2) is 0 Å². The predicted octanol–water partition coefficient (Wildman–Crippen LogP) is -4.58. The normalized spacial score (nSPS) is 2.00. The van der Waals surface area contributed by atoms with Crippen LogP contribution in [-0.4, -0.2) is 85.3 Å². The van der Waals surface area contributed by atoms with Crippen LogP contribution < -0.4 is 8.32 Å². The Labute approximate surface area is 99.4 Å². The van der Waals surface area contributed by atoms with E-state index in [1.165, 1.54) is 0 Å². The van der Waals surface area contributed by atoms with Gasteiger partial charge >= 0.3 is 95.8 Å². The topological polar surface area (TPSA) is 112 Å². The molecule has 0 saturated heterocycles. The van der Waals surface area contributed by atoms with Gasteiger partial charge in [0.25, 0.3) is 0 Å². The Morgan fingerprint density at radius 2 is 1.00 bits per heavy atom. The van der Waals surface area contributed by atoms with Crippen LogP contribution in [-0.2, 0) is 7.61 Å². The zero-order valence-corrected chi connectivity index (χ0v) is 10.7. The maximum absolute atomic E-state index is 8.46. The van der Waals surface area contributed by atoms with Gasteiger partial charge in [-0.1, -0.05) is 0 Å². The first kappa shape index (κ1) is 22.6. The van der Waals surface area contributed by atoms with E-state index in [1.807, 2.05) is 0 Å². The van der Waals surface area contributed by atoms with Gasteiger partial charge in [0.2, 0.25) is 0 Å². The van der Waals surface area contributed by atoms with Gasteiger partial charge in [-0.2, -0.15) is 0 Å². The molecule has 0 bridgehead atoms. The van der Waals surface area contributed by atoms with Crippen LogP contribution in [0.3, 0.4) is 0 Å². The fraction of sp³-hybridized carbons (Fsp3) is 0. The molecule has 0 radical (unpaired) electrons. The molecule has 0 spiro atoms. The summed E-state index contributed by atoms with van der Waals surface area (Å²) in [5, 5.41) is 0. The fourth-order valence-corrected chi connectivity index (χ4v) is 0. The first-order valence-electron chi connectivity index (χ1n) is 0.943. The summed E-state index contributed by atoms with van der Waals surface area (Å²) < 4.78 is 33.8. The van der Waals surface area contributed by atoms with E-state index in [2.05, 4.69) is 0 Å². The summed E-state index contributed by atoms with van der Waals surface area (Å²) in [4.78, 5) is 0. The quantitative estimate of drug-likeness (QED) is 0.413. The van der Waals surface area contributed by atoms with Gasteiger partial charge in [0.05, 0.1) is 0 Å². The molecule has 0 unspecified atom stereocenters. The monoisotopic (exact) mass is 274 g/mol. The Balaban J connectivity index is -0.0000000160. The summed E-state index contributed by atoms with van der Waals surface area (Å²) in [6.07, 6.45) is 0. The SMILES string of the molecule is O.[Ba+2].[O]=[Al][O-].[O]=[Al][O-]. The van der Waals surface area contributed by atoms with E-state index in [9.17, 15) is 0 Å². The molecule has 0 rings (SSSR count). The average molecular weight is 273 g/mol. The standard InChI is InChI=1S/2Al.Ba.H2O.4O/h;;;1H2;;;;/q;;+2;;;;2*-1. The van der Waals surface area contributed by atoms with Crippen molar-refractivity contribution in [2.45, 2.75) is 0 Å². The van der Waals surface area contributed by atoms with Gasteiger partial charge in [-0.25, -0.2) is 0 Å². The molecule has 2 N–H and O–H groups in total. The molecule has 0 aromatic rings. The zero-order chi connectivity index (χ0) is 5.41. The summed E-state index contributed by atoms with van der Waals surface area (Å²) >= 11 is -3.50. The minimum atomic E-state index is -1.75. The Kier molecular flexibility index (Phi) is 105. The molecular formula is H2Al2BaO5. The van der Waals surface area contributed by atoms with E-state index in [-0.39, 0.29) is 54.4 Å². The molecule has 0 aromatic heterocycles. The van der Waals surface area contributed by atoms with Gasteiger partial charge < -0.3 is 5.48 Å². The van der Waals surface area contributed by atoms with Crippen molar-refractivity contribution in [2.75, 3.05) is 0 Å². The second kappa shape index (κ2) is 37.1. The Morgan fingerprint density at radius 3 is 1.00 bits per heavy atom. The van der Waals surface area contributed by atoms with Crippen LogP contribution in [0, 0.1) is 0 Å². The molecule has 5 nitrogen and oxygen atoms in total. The van der Waals surface area contributed by atoms with Gasteiger partial charge in [0.1, 0.15) is 0 Å². The van der Waals surface area contributed by atoms with Gasteiger partial charge in [0, 0.05) is 0 Å². The second-order valence-corrected chi connectivity index (χ2v) is 0.577. The average Bonchev–Trinajstić information content (AvgIpc) is 1.39. The van der Waals surface area contributed by atoms with Crippen LogP contribution in [0.1, 0.15) is 0 Å².